The SMILES string of the molecule is CCN(CC)c1ccc(Nc2cnnc(Nc3ccc(Cl)cc3)n2)cc1. The number of hydrogen-bond acceptors (Lipinski definition) is 6. The van der Waals surface area contributed by atoms with Gasteiger partial charge in [-0.15, -0.1) is 5.10 Å². The molecule has 134 valence electrons. The van der Waals surface area contributed by atoms with E-state index >= 15 is 0 Å². The van der Waals surface area contributed by atoms with Crippen LogP contribution in [0.5, 0.6) is 0 Å². The summed E-state index contributed by atoms with van der Waals surface area (Å²) >= 11 is 5.89. The molecule has 3 rings (SSSR count). The molecule has 0 aliphatic heterocycles. The van der Waals surface area contributed by atoms with Crippen molar-refractivity contribution in [3.8, 4) is 0 Å². The Bertz CT molecular complexity index is 831. The summed E-state index contributed by atoms with van der Waals surface area (Å²) in [6.45, 7) is 6.27. The van der Waals surface area contributed by atoms with Crippen LogP contribution in [-0.2, 0) is 0 Å². The van der Waals surface area contributed by atoms with Crippen molar-refractivity contribution >= 4 is 40.4 Å². The molecule has 0 unspecified atom stereocenters. The van der Waals surface area contributed by atoms with Crippen LogP contribution in [0.25, 0.3) is 0 Å². The molecule has 0 atom stereocenters. The van der Waals surface area contributed by atoms with Crippen molar-refractivity contribution in [2.24, 2.45) is 0 Å². The molecule has 3 aromatic rings. The molecule has 26 heavy (non-hydrogen) atoms. The van der Waals surface area contributed by atoms with Crippen molar-refractivity contribution in [1.29, 1.82) is 0 Å². The Hall–Kier alpha value is -2.86. The highest BCUT2D eigenvalue weighted by Gasteiger charge is 2.04. The maximum Gasteiger partial charge on any atom is 0.249 e. The first-order chi connectivity index (χ1) is 12.7. The molecule has 0 aliphatic rings. The molecular weight excluding hydrogens is 348 g/mol. The van der Waals surface area contributed by atoms with Gasteiger partial charge in [0.25, 0.3) is 0 Å². The van der Waals surface area contributed by atoms with E-state index in [0.29, 0.717) is 16.8 Å². The van der Waals surface area contributed by atoms with Crippen LogP contribution in [0.3, 0.4) is 0 Å². The molecule has 0 amide bonds. The molecule has 0 aliphatic carbocycles. The minimum absolute atomic E-state index is 0.414. The van der Waals surface area contributed by atoms with Gasteiger partial charge in [-0.05, 0) is 62.4 Å². The fourth-order valence-corrected chi connectivity index (χ4v) is 2.70. The topological polar surface area (TPSA) is 66.0 Å². The first-order valence-corrected chi connectivity index (χ1v) is 8.90. The number of halogens is 1. The largest absolute Gasteiger partial charge is 0.372 e. The van der Waals surface area contributed by atoms with E-state index in [-0.39, 0.29) is 0 Å². The van der Waals surface area contributed by atoms with Crippen LogP contribution in [0.15, 0.2) is 54.7 Å². The highest BCUT2D eigenvalue weighted by molar-refractivity contribution is 6.30. The van der Waals surface area contributed by atoms with E-state index in [4.69, 9.17) is 11.6 Å². The molecule has 2 N–H and O–H groups in total. The molecule has 1 heterocycles. The summed E-state index contributed by atoms with van der Waals surface area (Å²) < 4.78 is 0. The zero-order valence-corrected chi connectivity index (χ0v) is 15.5. The van der Waals surface area contributed by atoms with Crippen molar-refractivity contribution in [2.75, 3.05) is 28.6 Å². The third-order valence-corrected chi connectivity index (χ3v) is 4.18. The van der Waals surface area contributed by atoms with E-state index in [1.807, 2.05) is 24.3 Å². The summed E-state index contributed by atoms with van der Waals surface area (Å²) in [4.78, 5) is 6.73. The van der Waals surface area contributed by atoms with Gasteiger partial charge in [-0.1, -0.05) is 11.6 Å². The Morgan fingerprint density at radius 3 is 2.15 bits per heavy atom. The number of rotatable bonds is 7. The quantitative estimate of drug-likeness (QED) is 0.621. The maximum atomic E-state index is 5.89. The lowest BCUT2D eigenvalue weighted by molar-refractivity contribution is 0.866. The van der Waals surface area contributed by atoms with Gasteiger partial charge in [0.2, 0.25) is 5.95 Å². The highest BCUT2D eigenvalue weighted by atomic mass is 35.5. The van der Waals surface area contributed by atoms with Crippen LogP contribution in [-0.4, -0.2) is 28.3 Å². The van der Waals surface area contributed by atoms with Gasteiger partial charge in [0.15, 0.2) is 5.82 Å². The van der Waals surface area contributed by atoms with Crippen molar-refractivity contribution < 1.29 is 0 Å². The second-order valence-electron chi connectivity index (χ2n) is 5.64. The number of anilines is 5. The number of aromatic nitrogens is 3. The van der Waals surface area contributed by atoms with Crippen molar-refractivity contribution in [1.82, 2.24) is 15.2 Å². The molecule has 0 saturated heterocycles. The summed E-state index contributed by atoms with van der Waals surface area (Å²) in [5.74, 6) is 1.03. The standard InChI is InChI=1S/C19H21ClN6/c1-3-26(4-2)17-11-9-15(10-12-17)22-18-13-21-25-19(24-18)23-16-7-5-14(20)6-8-16/h5-13H,3-4H2,1-2H3,(H2,22,23,24,25). The van der Waals surface area contributed by atoms with E-state index in [9.17, 15) is 0 Å². The van der Waals surface area contributed by atoms with Gasteiger partial charge in [-0.25, -0.2) is 0 Å². The molecular formula is C19H21ClN6. The monoisotopic (exact) mass is 368 g/mol. The Morgan fingerprint density at radius 2 is 1.50 bits per heavy atom. The number of benzene rings is 2. The molecule has 2 aromatic carbocycles. The van der Waals surface area contributed by atoms with Gasteiger partial charge in [-0.3, -0.25) is 0 Å². The predicted molar refractivity (Wildman–Crippen MR) is 108 cm³/mol. The Kier molecular flexibility index (Phi) is 5.86. The molecule has 0 saturated carbocycles. The van der Waals surface area contributed by atoms with Crippen LogP contribution in [0.4, 0.5) is 28.8 Å². The molecule has 6 nitrogen and oxygen atoms in total. The Labute approximate surface area is 158 Å². The first kappa shape index (κ1) is 17.9. The first-order valence-electron chi connectivity index (χ1n) is 8.52. The molecule has 0 fully saturated rings. The van der Waals surface area contributed by atoms with Crippen LogP contribution >= 0.6 is 11.6 Å². The van der Waals surface area contributed by atoms with Gasteiger partial charge in [-0.2, -0.15) is 10.1 Å². The summed E-state index contributed by atoms with van der Waals surface area (Å²) in [5, 5.41) is 15.0. The van der Waals surface area contributed by atoms with Crippen molar-refractivity contribution in [3.05, 3.63) is 59.8 Å². The van der Waals surface area contributed by atoms with E-state index < -0.39 is 0 Å². The lowest BCUT2D eigenvalue weighted by Crippen LogP contribution is -2.21. The highest BCUT2D eigenvalue weighted by Crippen LogP contribution is 2.21. The van der Waals surface area contributed by atoms with Crippen molar-refractivity contribution in [3.63, 3.8) is 0 Å². The fraction of sp³-hybridized carbons (Fsp3) is 0.211. The molecule has 0 radical (unpaired) electrons. The van der Waals surface area contributed by atoms with Gasteiger partial charge >= 0.3 is 0 Å². The predicted octanol–water partition coefficient (Wildman–Crippen LogP) is 4.86. The normalized spacial score (nSPS) is 10.4. The Morgan fingerprint density at radius 1 is 0.885 bits per heavy atom. The van der Waals surface area contributed by atoms with Crippen LogP contribution in [0, 0.1) is 0 Å². The van der Waals surface area contributed by atoms with Crippen LogP contribution in [0.2, 0.25) is 5.02 Å². The zero-order chi connectivity index (χ0) is 18.4. The van der Waals surface area contributed by atoms with E-state index in [1.54, 1.807) is 18.3 Å². The van der Waals surface area contributed by atoms with Gasteiger partial charge in [0.05, 0.1) is 6.20 Å². The number of hydrogen-bond donors (Lipinski definition) is 2. The van der Waals surface area contributed by atoms with Gasteiger partial charge < -0.3 is 15.5 Å². The summed E-state index contributed by atoms with van der Waals surface area (Å²) in [6, 6.07) is 15.6. The average molecular weight is 369 g/mol. The molecule has 0 spiro atoms. The van der Waals surface area contributed by atoms with Crippen LogP contribution in [0.1, 0.15) is 13.8 Å². The lowest BCUT2D eigenvalue weighted by atomic mass is 10.2. The second kappa shape index (κ2) is 8.49. The van der Waals surface area contributed by atoms with Gasteiger partial charge in [0.1, 0.15) is 0 Å². The van der Waals surface area contributed by atoms with E-state index in [0.717, 1.165) is 24.5 Å². The second-order valence-corrected chi connectivity index (χ2v) is 6.08. The fourth-order valence-electron chi connectivity index (χ4n) is 2.57. The summed E-state index contributed by atoms with van der Waals surface area (Å²) in [5.41, 5.74) is 2.99. The third-order valence-electron chi connectivity index (χ3n) is 3.93. The summed E-state index contributed by atoms with van der Waals surface area (Å²) in [6.07, 6.45) is 1.59. The molecule has 7 heteroatoms. The van der Waals surface area contributed by atoms with E-state index in [2.05, 4.69) is 56.7 Å². The number of nitrogens with zero attached hydrogens (tertiary/aromatic N) is 4. The zero-order valence-electron chi connectivity index (χ0n) is 14.8. The molecule has 0 bridgehead atoms. The maximum absolute atomic E-state index is 5.89. The van der Waals surface area contributed by atoms with Gasteiger partial charge in [0, 0.05) is 35.2 Å². The minimum atomic E-state index is 0.414. The molecule has 1 aromatic heterocycles. The Balaban J connectivity index is 1.69. The minimum Gasteiger partial charge on any atom is -0.372 e. The lowest BCUT2D eigenvalue weighted by Gasteiger charge is -2.21. The smallest absolute Gasteiger partial charge is 0.249 e. The van der Waals surface area contributed by atoms with Crippen molar-refractivity contribution in [2.45, 2.75) is 13.8 Å². The third kappa shape index (κ3) is 4.61. The summed E-state index contributed by atoms with van der Waals surface area (Å²) in [7, 11) is 0. The van der Waals surface area contributed by atoms with E-state index in [1.165, 1.54) is 5.69 Å². The average Bonchev–Trinajstić information content (AvgIpc) is 2.66. The van der Waals surface area contributed by atoms with Crippen LogP contribution < -0.4 is 15.5 Å². The number of nitrogens with one attached hydrogen (secondary N) is 2.